The number of halogens is 1. The van der Waals surface area contributed by atoms with Crippen LogP contribution in [0.25, 0.3) is 11.1 Å². The highest BCUT2D eigenvalue weighted by molar-refractivity contribution is 5.98. The highest BCUT2D eigenvalue weighted by Gasteiger charge is 2.25. The molecule has 0 atom stereocenters. The summed E-state index contributed by atoms with van der Waals surface area (Å²) in [6.07, 6.45) is 0. The van der Waals surface area contributed by atoms with Crippen LogP contribution in [0.15, 0.2) is 60.7 Å². The monoisotopic (exact) mass is 353 g/mol. The lowest BCUT2D eigenvalue weighted by atomic mass is 9.98. The van der Waals surface area contributed by atoms with E-state index in [9.17, 15) is 4.79 Å². The molecular formula is C20H14ClO4+. The van der Waals surface area contributed by atoms with Gasteiger partial charge in [0, 0.05) is 17.2 Å². The van der Waals surface area contributed by atoms with Crippen LogP contribution in [0.2, 0.25) is 5.02 Å². The normalized spacial score (nSPS) is 11.6. The fraction of sp³-hybridized carbons (Fsp3) is 0.0500. The maximum absolute atomic E-state index is 12.1. The molecule has 25 heavy (non-hydrogen) atoms. The summed E-state index contributed by atoms with van der Waals surface area (Å²) in [6, 6.07) is 18.1. The second kappa shape index (κ2) is 6.15. The van der Waals surface area contributed by atoms with E-state index in [4.69, 9.17) is 25.8 Å². The number of ether oxygens (including phenoxy) is 3. The molecular weight excluding hydrogens is 340 g/mol. The van der Waals surface area contributed by atoms with E-state index in [-0.39, 0.29) is 0 Å². The fourth-order valence-electron chi connectivity index (χ4n) is 2.80. The summed E-state index contributed by atoms with van der Waals surface area (Å²) in [5.41, 5.74) is 1.93. The van der Waals surface area contributed by atoms with E-state index >= 15 is 0 Å². The molecule has 0 aromatic heterocycles. The lowest BCUT2D eigenvalue weighted by Crippen LogP contribution is -2.05. The minimum Gasteiger partial charge on any atom is -0.465 e. The van der Waals surface area contributed by atoms with Gasteiger partial charge in [0.25, 0.3) is 0 Å². The molecule has 0 unspecified atom stereocenters. The van der Waals surface area contributed by atoms with Crippen molar-refractivity contribution in [2.45, 2.75) is 0 Å². The molecule has 1 aliphatic heterocycles. The van der Waals surface area contributed by atoms with Gasteiger partial charge in [0.2, 0.25) is 5.02 Å². The Morgan fingerprint density at radius 3 is 2.52 bits per heavy atom. The van der Waals surface area contributed by atoms with E-state index in [0.29, 0.717) is 39.1 Å². The molecule has 124 valence electrons. The van der Waals surface area contributed by atoms with E-state index < -0.39 is 5.97 Å². The van der Waals surface area contributed by atoms with Crippen molar-refractivity contribution in [2.75, 3.05) is 7.11 Å². The van der Waals surface area contributed by atoms with E-state index in [1.165, 1.54) is 7.11 Å². The Bertz CT molecular complexity index is 981. The van der Waals surface area contributed by atoms with Gasteiger partial charge in [0.15, 0.2) is 34.6 Å². The quantitative estimate of drug-likeness (QED) is 0.488. The number of fused-ring (bicyclic) bond motifs is 2. The number of benzene rings is 3. The number of methoxy groups -OCH3 is 1. The number of para-hydroxylation sites is 1. The van der Waals surface area contributed by atoms with Crippen LogP contribution < -0.4 is 9.47 Å². The third-order valence-electron chi connectivity index (χ3n) is 3.95. The first-order chi connectivity index (χ1) is 12.2. The summed E-state index contributed by atoms with van der Waals surface area (Å²) in [7, 11) is 1.36. The van der Waals surface area contributed by atoms with Crippen molar-refractivity contribution in [2.24, 2.45) is 0 Å². The van der Waals surface area contributed by atoms with E-state index in [2.05, 4.69) is 0 Å². The highest BCUT2D eigenvalue weighted by Crippen LogP contribution is 2.50. The van der Waals surface area contributed by atoms with Gasteiger partial charge in [0.1, 0.15) is 0 Å². The number of carbonyl (C=O) groups excluding carboxylic acids is 1. The van der Waals surface area contributed by atoms with Gasteiger partial charge in [-0.2, -0.15) is 0 Å². The molecule has 5 heteroatoms. The molecule has 1 heterocycles. The molecule has 1 aliphatic rings. The third kappa shape index (κ3) is 2.71. The Hall–Kier alpha value is -2.98. The molecule has 0 spiro atoms. The molecule has 0 N–H and O–H groups in total. The highest BCUT2D eigenvalue weighted by atomic mass is 35.5. The Kier molecular flexibility index (Phi) is 3.82. The predicted octanol–water partition coefficient (Wildman–Crippen LogP) is 4.73. The molecule has 0 saturated carbocycles. The Labute approximate surface area is 149 Å². The van der Waals surface area contributed by atoms with Crippen LogP contribution in [0.5, 0.6) is 23.0 Å². The van der Waals surface area contributed by atoms with Gasteiger partial charge in [0.05, 0.1) is 18.7 Å². The van der Waals surface area contributed by atoms with Crippen LogP contribution in [0, 0.1) is 11.6 Å². The zero-order valence-corrected chi connectivity index (χ0v) is 14.1. The van der Waals surface area contributed by atoms with E-state index in [0.717, 1.165) is 5.56 Å². The van der Waals surface area contributed by atoms with Crippen molar-refractivity contribution < 1.29 is 30.6 Å². The number of hydrogen-bond donors (Lipinski definition) is 0. The first kappa shape index (κ1) is 15.5. The Balaban J connectivity index is 1.87. The van der Waals surface area contributed by atoms with Crippen molar-refractivity contribution in [3.8, 4) is 34.1 Å². The largest absolute Gasteiger partial charge is 0.465 e. The topological polar surface area (TPSA) is 44.8 Å². The number of hydrogen-bond acceptors (Lipinski definition) is 4. The van der Waals surface area contributed by atoms with E-state index in [1.807, 2.05) is 30.3 Å². The summed E-state index contributed by atoms with van der Waals surface area (Å²) in [5, 5.41) is 0.665. The van der Waals surface area contributed by atoms with Gasteiger partial charge in [-0.05, 0) is 18.2 Å². The van der Waals surface area contributed by atoms with Crippen molar-refractivity contribution in [1.29, 1.82) is 0 Å². The van der Waals surface area contributed by atoms with Gasteiger partial charge in [-0.15, -0.1) is 0 Å². The zero-order valence-electron chi connectivity index (χ0n) is 13.3. The zero-order chi connectivity index (χ0) is 17.4. The number of carbonyl (C=O) groups is 1. The first-order valence-electron chi connectivity index (χ1n) is 7.65. The first-order valence-corrected chi connectivity index (χ1v) is 8.05. The van der Waals surface area contributed by atoms with Crippen LogP contribution in [-0.2, 0) is 4.74 Å². The maximum atomic E-state index is 12.1. The molecule has 4 nitrogen and oxygen atoms in total. The van der Waals surface area contributed by atoms with Gasteiger partial charge in [-0.25, -0.2) is 4.79 Å². The molecule has 3 aromatic rings. The van der Waals surface area contributed by atoms with Crippen LogP contribution in [0.3, 0.4) is 0 Å². The minimum atomic E-state index is -0.404. The van der Waals surface area contributed by atoms with Gasteiger partial charge < -0.3 is 14.2 Å². The average molecular weight is 354 g/mol. The second-order valence-electron chi connectivity index (χ2n) is 5.48. The number of esters is 1. The molecule has 0 radical (unpaired) electrons. The SMILES string of the molecule is COC(=O)c1ccccc1-c1cccc2c1Oc1cc([ClH+])ccc1O2. The molecule has 0 saturated heterocycles. The molecule has 0 fully saturated rings. The molecule has 4 rings (SSSR count). The van der Waals surface area contributed by atoms with Crippen LogP contribution in [0.1, 0.15) is 10.4 Å². The van der Waals surface area contributed by atoms with Gasteiger partial charge in [-0.1, -0.05) is 30.3 Å². The summed E-state index contributed by atoms with van der Waals surface area (Å²) in [6.45, 7) is 0. The summed E-state index contributed by atoms with van der Waals surface area (Å²) < 4.78 is 16.9. The predicted molar refractivity (Wildman–Crippen MR) is 90.4 cm³/mol. The van der Waals surface area contributed by atoms with Crippen LogP contribution >= 0.6 is 0 Å². The maximum Gasteiger partial charge on any atom is 0.338 e. The summed E-state index contributed by atoms with van der Waals surface area (Å²) in [5.74, 6) is 1.90. The second-order valence-corrected chi connectivity index (χ2v) is 5.95. The fourth-order valence-corrected chi connectivity index (χ4v) is 2.98. The lowest BCUT2D eigenvalue weighted by molar-refractivity contribution is -0.289. The minimum absolute atomic E-state index is 0.404. The van der Waals surface area contributed by atoms with Crippen molar-refractivity contribution in [3.63, 3.8) is 0 Å². The molecule has 3 aromatic carbocycles. The standard InChI is InChI=1S/C20H14ClO4/c1-23-20(22)15-6-3-2-5-13(15)14-7-4-8-17-19(14)25-18-11-12(21)9-10-16(18)24-17/h2-11,21H,1H3/q+1. The Morgan fingerprint density at radius 1 is 0.880 bits per heavy atom. The molecule has 0 bridgehead atoms. The summed E-state index contributed by atoms with van der Waals surface area (Å²) >= 11 is 5.20. The average Bonchev–Trinajstić information content (AvgIpc) is 2.65. The Morgan fingerprint density at radius 2 is 1.68 bits per heavy atom. The molecule has 0 amide bonds. The van der Waals surface area contributed by atoms with Crippen molar-refractivity contribution in [3.05, 3.63) is 71.2 Å². The lowest BCUT2D eigenvalue weighted by Gasteiger charge is -2.23. The number of rotatable bonds is 2. The van der Waals surface area contributed by atoms with Crippen molar-refractivity contribution in [1.82, 2.24) is 0 Å². The summed E-state index contributed by atoms with van der Waals surface area (Å²) in [4.78, 5) is 12.1. The van der Waals surface area contributed by atoms with Crippen LogP contribution in [0.4, 0.5) is 0 Å². The smallest absolute Gasteiger partial charge is 0.338 e. The van der Waals surface area contributed by atoms with Gasteiger partial charge in [-0.3, -0.25) is 0 Å². The van der Waals surface area contributed by atoms with Crippen LogP contribution in [-0.4, -0.2) is 13.1 Å². The third-order valence-corrected chi connectivity index (χ3v) is 4.20. The van der Waals surface area contributed by atoms with Gasteiger partial charge >= 0.3 is 5.97 Å². The van der Waals surface area contributed by atoms with E-state index in [1.54, 1.807) is 30.3 Å². The molecule has 0 aliphatic carbocycles. The van der Waals surface area contributed by atoms with Crippen molar-refractivity contribution >= 4 is 5.97 Å².